The molecule has 2 amide bonds. The van der Waals surface area contributed by atoms with Gasteiger partial charge in [-0.05, 0) is 43.7 Å². The number of piperidine rings is 1. The van der Waals surface area contributed by atoms with E-state index in [1.54, 1.807) is 0 Å². The van der Waals surface area contributed by atoms with Gasteiger partial charge in [-0.15, -0.1) is 0 Å². The van der Waals surface area contributed by atoms with Gasteiger partial charge in [-0.25, -0.2) is 0 Å². The van der Waals surface area contributed by atoms with Crippen LogP contribution in [-0.2, 0) is 9.59 Å². The van der Waals surface area contributed by atoms with Gasteiger partial charge in [0.05, 0.1) is 0 Å². The lowest BCUT2D eigenvalue weighted by atomic mass is 9.96. The summed E-state index contributed by atoms with van der Waals surface area (Å²) in [5, 5.41) is 3.04. The molecule has 1 aliphatic heterocycles. The zero-order valence-corrected chi connectivity index (χ0v) is 13.4. The lowest BCUT2D eigenvalue weighted by Gasteiger charge is -2.32. The van der Waals surface area contributed by atoms with E-state index in [9.17, 15) is 9.59 Å². The zero-order valence-electron chi connectivity index (χ0n) is 13.4. The Bertz CT molecular complexity index is 534. The molecule has 1 heterocycles. The number of rotatable bonds is 6. The first-order chi connectivity index (χ1) is 11.2. The zero-order chi connectivity index (χ0) is 16.1. The van der Waals surface area contributed by atoms with E-state index in [0.29, 0.717) is 5.92 Å². The molecule has 2 fully saturated rings. The van der Waals surface area contributed by atoms with Crippen molar-refractivity contribution in [1.29, 1.82) is 0 Å². The third kappa shape index (κ3) is 4.71. The van der Waals surface area contributed by atoms with Crippen LogP contribution in [0.5, 0.6) is 5.75 Å². The summed E-state index contributed by atoms with van der Waals surface area (Å²) in [5.74, 6) is 1.72. The summed E-state index contributed by atoms with van der Waals surface area (Å²) in [7, 11) is 0. The maximum Gasteiger partial charge on any atom is 0.260 e. The summed E-state index contributed by atoms with van der Waals surface area (Å²) in [6, 6.07) is 9.40. The monoisotopic (exact) mass is 316 g/mol. The summed E-state index contributed by atoms with van der Waals surface area (Å²) in [6.07, 6.45) is 3.98. The van der Waals surface area contributed by atoms with Crippen molar-refractivity contribution in [3.63, 3.8) is 0 Å². The molecule has 0 bridgehead atoms. The van der Waals surface area contributed by atoms with Gasteiger partial charge in [-0.2, -0.15) is 0 Å². The van der Waals surface area contributed by atoms with Crippen LogP contribution in [0.4, 0.5) is 0 Å². The summed E-state index contributed by atoms with van der Waals surface area (Å²) in [5.41, 5.74) is 0. The highest BCUT2D eigenvalue weighted by atomic mass is 16.5. The fourth-order valence-corrected chi connectivity index (χ4v) is 2.87. The van der Waals surface area contributed by atoms with Crippen molar-refractivity contribution in [1.82, 2.24) is 10.2 Å². The number of para-hydroxylation sites is 1. The summed E-state index contributed by atoms with van der Waals surface area (Å²) >= 11 is 0. The van der Waals surface area contributed by atoms with Crippen LogP contribution in [0.15, 0.2) is 30.3 Å². The molecule has 1 aromatic carbocycles. The van der Waals surface area contributed by atoms with Gasteiger partial charge in [-0.3, -0.25) is 9.59 Å². The highest BCUT2D eigenvalue weighted by molar-refractivity contribution is 5.80. The molecule has 2 aliphatic rings. The van der Waals surface area contributed by atoms with Gasteiger partial charge >= 0.3 is 0 Å². The fourth-order valence-electron chi connectivity index (χ4n) is 2.87. The molecule has 1 aromatic rings. The van der Waals surface area contributed by atoms with Gasteiger partial charge < -0.3 is 15.0 Å². The SMILES string of the molecule is O=C(NCC1CCN(C(=O)COc2ccccc2)CC1)C1CC1. The van der Waals surface area contributed by atoms with Crippen LogP contribution < -0.4 is 10.1 Å². The summed E-state index contributed by atoms with van der Waals surface area (Å²) in [4.78, 5) is 25.7. The molecule has 0 spiro atoms. The molecule has 1 saturated carbocycles. The van der Waals surface area contributed by atoms with E-state index >= 15 is 0 Å². The van der Waals surface area contributed by atoms with Gasteiger partial charge in [0.15, 0.2) is 6.61 Å². The summed E-state index contributed by atoms with van der Waals surface area (Å²) < 4.78 is 5.51. The minimum Gasteiger partial charge on any atom is -0.484 e. The van der Waals surface area contributed by atoms with Crippen molar-refractivity contribution in [2.75, 3.05) is 26.2 Å². The Morgan fingerprint density at radius 3 is 2.43 bits per heavy atom. The second-order valence-electron chi connectivity index (χ2n) is 6.45. The lowest BCUT2D eigenvalue weighted by Crippen LogP contribution is -2.43. The number of hydrogen-bond acceptors (Lipinski definition) is 3. The minimum absolute atomic E-state index is 0.0364. The number of likely N-dealkylation sites (tertiary alicyclic amines) is 1. The topological polar surface area (TPSA) is 58.6 Å². The van der Waals surface area contributed by atoms with Crippen molar-refractivity contribution in [3.05, 3.63) is 30.3 Å². The maximum absolute atomic E-state index is 12.2. The lowest BCUT2D eigenvalue weighted by molar-refractivity contribution is -0.135. The molecular formula is C18H24N2O3. The number of ether oxygens (including phenoxy) is 1. The number of carbonyl (C=O) groups excluding carboxylic acids is 2. The van der Waals surface area contributed by atoms with E-state index in [1.165, 1.54) is 0 Å². The Kier molecular flexibility index (Phi) is 5.16. The second kappa shape index (κ2) is 7.49. The molecule has 0 radical (unpaired) electrons. The molecule has 1 aliphatic carbocycles. The Hall–Kier alpha value is -2.04. The molecule has 3 rings (SSSR count). The van der Waals surface area contributed by atoms with Crippen molar-refractivity contribution < 1.29 is 14.3 Å². The molecule has 23 heavy (non-hydrogen) atoms. The molecular weight excluding hydrogens is 292 g/mol. The quantitative estimate of drug-likeness (QED) is 0.871. The molecule has 0 unspecified atom stereocenters. The van der Waals surface area contributed by atoms with Gasteiger partial charge in [0.1, 0.15) is 5.75 Å². The van der Waals surface area contributed by atoms with Crippen molar-refractivity contribution >= 4 is 11.8 Å². The van der Waals surface area contributed by atoms with Crippen LogP contribution in [0.3, 0.4) is 0 Å². The minimum atomic E-state index is 0.0364. The predicted octanol–water partition coefficient (Wildman–Crippen LogP) is 1.83. The first kappa shape index (κ1) is 15.8. The molecule has 124 valence electrons. The van der Waals surface area contributed by atoms with Crippen LogP contribution in [0.1, 0.15) is 25.7 Å². The van der Waals surface area contributed by atoms with E-state index in [-0.39, 0.29) is 24.3 Å². The molecule has 1 saturated heterocycles. The fraction of sp³-hybridized carbons (Fsp3) is 0.556. The van der Waals surface area contributed by atoms with Crippen LogP contribution in [0.2, 0.25) is 0 Å². The molecule has 5 nitrogen and oxygen atoms in total. The van der Waals surface area contributed by atoms with Gasteiger partial charge in [0, 0.05) is 25.6 Å². The van der Waals surface area contributed by atoms with E-state index in [0.717, 1.165) is 51.1 Å². The average molecular weight is 316 g/mol. The van der Waals surface area contributed by atoms with Gasteiger partial charge in [0.2, 0.25) is 5.91 Å². The number of benzene rings is 1. The van der Waals surface area contributed by atoms with E-state index in [2.05, 4.69) is 5.32 Å². The Balaban J connectivity index is 1.34. The van der Waals surface area contributed by atoms with Crippen molar-refractivity contribution in [2.45, 2.75) is 25.7 Å². The smallest absolute Gasteiger partial charge is 0.260 e. The van der Waals surface area contributed by atoms with Crippen LogP contribution in [-0.4, -0.2) is 43.0 Å². The Morgan fingerprint density at radius 1 is 1.09 bits per heavy atom. The van der Waals surface area contributed by atoms with Crippen molar-refractivity contribution in [3.8, 4) is 5.75 Å². The van der Waals surface area contributed by atoms with Gasteiger partial charge in [-0.1, -0.05) is 18.2 Å². The number of carbonyl (C=O) groups is 2. The first-order valence-corrected chi connectivity index (χ1v) is 8.45. The van der Waals surface area contributed by atoms with E-state index < -0.39 is 0 Å². The largest absolute Gasteiger partial charge is 0.484 e. The number of nitrogens with zero attached hydrogens (tertiary/aromatic N) is 1. The normalized spacial score (nSPS) is 18.5. The highest BCUT2D eigenvalue weighted by Crippen LogP contribution is 2.29. The van der Waals surface area contributed by atoms with Crippen LogP contribution in [0.25, 0.3) is 0 Å². The third-order valence-electron chi connectivity index (χ3n) is 4.59. The Morgan fingerprint density at radius 2 is 1.78 bits per heavy atom. The molecule has 0 aromatic heterocycles. The predicted molar refractivity (Wildman–Crippen MR) is 87.0 cm³/mol. The van der Waals surface area contributed by atoms with Gasteiger partial charge in [0.25, 0.3) is 5.91 Å². The highest BCUT2D eigenvalue weighted by Gasteiger charge is 2.30. The van der Waals surface area contributed by atoms with E-state index in [1.807, 2.05) is 35.2 Å². The molecule has 0 atom stereocenters. The van der Waals surface area contributed by atoms with Crippen molar-refractivity contribution in [2.24, 2.45) is 11.8 Å². The van der Waals surface area contributed by atoms with Crippen LogP contribution in [0, 0.1) is 11.8 Å². The van der Waals surface area contributed by atoms with Crippen LogP contribution >= 0.6 is 0 Å². The maximum atomic E-state index is 12.2. The molecule has 1 N–H and O–H groups in total. The Labute approximate surface area is 137 Å². The summed E-state index contributed by atoms with van der Waals surface area (Å²) in [6.45, 7) is 2.34. The average Bonchev–Trinajstić information content (AvgIpc) is 3.44. The second-order valence-corrected chi connectivity index (χ2v) is 6.45. The number of amides is 2. The number of hydrogen-bond donors (Lipinski definition) is 1. The standard InChI is InChI=1S/C18H24N2O3/c21-17(13-23-16-4-2-1-3-5-16)20-10-8-14(9-11-20)12-19-18(22)15-6-7-15/h1-5,14-15H,6-13H2,(H,19,22). The molecule has 5 heteroatoms. The third-order valence-corrected chi connectivity index (χ3v) is 4.59. The van der Waals surface area contributed by atoms with E-state index in [4.69, 9.17) is 4.74 Å². The number of nitrogens with one attached hydrogen (secondary N) is 1. The first-order valence-electron chi connectivity index (χ1n) is 8.45.